The molecule has 16 heavy (non-hydrogen) atoms. The molecule has 0 radical (unpaired) electrons. The maximum atomic E-state index is 11.5. The number of nitrogens with one attached hydrogen (secondary N) is 2. The largest absolute Gasteiger partial charge is 0.337 e. The smallest absolute Gasteiger partial charge is 0.315 e. The van der Waals surface area contributed by atoms with E-state index >= 15 is 0 Å². The van der Waals surface area contributed by atoms with Gasteiger partial charge in [0, 0.05) is 17.3 Å². The predicted molar refractivity (Wildman–Crippen MR) is 71.0 cm³/mol. The summed E-state index contributed by atoms with van der Waals surface area (Å²) in [6, 6.07) is 0.172. The van der Waals surface area contributed by atoms with Gasteiger partial charge in [-0.1, -0.05) is 19.3 Å². The molecule has 3 nitrogen and oxygen atoms in total. The maximum Gasteiger partial charge on any atom is 0.315 e. The number of amides is 2. The van der Waals surface area contributed by atoms with Crippen LogP contribution in [0.4, 0.5) is 4.79 Å². The summed E-state index contributed by atoms with van der Waals surface area (Å²) in [5.41, 5.74) is 0. The highest BCUT2D eigenvalue weighted by molar-refractivity contribution is 8.00. The molecule has 0 unspecified atom stereocenters. The Balaban J connectivity index is 2.35. The minimum absolute atomic E-state index is 0.0333. The highest BCUT2D eigenvalue weighted by Gasteiger charge is 2.31. The van der Waals surface area contributed by atoms with Crippen LogP contribution in [0.15, 0.2) is 0 Å². The maximum absolute atomic E-state index is 11.5. The number of urea groups is 1. The third-order valence-electron chi connectivity index (χ3n) is 3.19. The number of hydrogen-bond acceptors (Lipinski definition) is 2. The standard InChI is InChI=1S/C12H24N2OS/c1-10(2)14-11(15)13-9-12(16-3)7-5-4-6-8-12/h10H,4-9H2,1-3H3,(H2,13,14,15). The molecule has 4 heteroatoms. The average molecular weight is 244 g/mol. The van der Waals surface area contributed by atoms with Crippen LogP contribution in [0.5, 0.6) is 0 Å². The lowest BCUT2D eigenvalue weighted by Crippen LogP contribution is -2.47. The highest BCUT2D eigenvalue weighted by atomic mass is 32.2. The minimum Gasteiger partial charge on any atom is -0.337 e. The quantitative estimate of drug-likeness (QED) is 0.798. The van der Waals surface area contributed by atoms with E-state index in [4.69, 9.17) is 0 Å². The summed E-state index contributed by atoms with van der Waals surface area (Å²) in [7, 11) is 0. The Hall–Kier alpha value is -0.380. The monoisotopic (exact) mass is 244 g/mol. The van der Waals surface area contributed by atoms with Crippen molar-refractivity contribution in [2.75, 3.05) is 12.8 Å². The van der Waals surface area contributed by atoms with E-state index < -0.39 is 0 Å². The SMILES string of the molecule is CSC1(CNC(=O)NC(C)C)CCCCC1. The van der Waals surface area contributed by atoms with Crippen LogP contribution in [0.3, 0.4) is 0 Å². The zero-order valence-electron chi connectivity index (χ0n) is 10.6. The molecule has 0 spiro atoms. The first-order valence-electron chi connectivity index (χ1n) is 6.17. The molecule has 0 aliphatic heterocycles. The van der Waals surface area contributed by atoms with Crippen molar-refractivity contribution in [1.82, 2.24) is 10.6 Å². The van der Waals surface area contributed by atoms with Gasteiger partial charge in [-0.05, 0) is 32.9 Å². The molecule has 1 aliphatic carbocycles. The molecule has 1 rings (SSSR count). The van der Waals surface area contributed by atoms with Crippen molar-refractivity contribution in [3.8, 4) is 0 Å². The van der Waals surface area contributed by atoms with Gasteiger partial charge < -0.3 is 10.6 Å². The summed E-state index contributed by atoms with van der Waals surface area (Å²) in [6.45, 7) is 4.75. The molecular weight excluding hydrogens is 220 g/mol. The molecule has 0 aromatic heterocycles. The van der Waals surface area contributed by atoms with Gasteiger partial charge in [0.1, 0.15) is 0 Å². The Labute approximate surface area is 103 Å². The van der Waals surface area contributed by atoms with Gasteiger partial charge in [0.25, 0.3) is 0 Å². The summed E-state index contributed by atoms with van der Waals surface area (Å²) in [5.74, 6) is 0. The second-order valence-corrected chi connectivity index (χ2v) is 6.20. The summed E-state index contributed by atoms with van der Waals surface area (Å²) in [4.78, 5) is 11.5. The number of thioether (sulfide) groups is 1. The molecule has 94 valence electrons. The van der Waals surface area contributed by atoms with Crippen LogP contribution in [-0.4, -0.2) is 29.6 Å². The number of hydrogen-bond donors (Lipinski definition) is 2. The van der Waals surface area contributed by atoms with Gasteiger partial charge in [0.05, 0.1) is 0 Å². The van der Waals surface area contributed by atoms with Crippen LogP contribution < -0.4 is 10.6 Å². The minimum atomic E-state index is -0.0333. The van der Waals surface area contributed by atoms with Gasteiger partial charge >= 0.3 is 6.03 Å². The van der Waals surface area contributed by atoms with Crippen molar-refractivity contribution < 1.29 is 4.79 Å². The molecule has 1 saturated carbocycles. The van der Waals surface area contributed by atoms with E-state index in [-0.39, 0.29) is 16.8 Å². The summed E-state index contributed by atoms with van der Waals surface area (Å²) in [6.07, 6.45) is 8.57. The van der Waals surface area contributed by atoms with Crippen molar-refractivity contribution >= 4 is 17.8 Å². The van der Waals surface area contributed by atoms with E-state index in [1.807, 2.05) is 25.6 Å². The van der Waals surface area contributed by atoms with Crippen molar-refractivity contribution in [3.05, 3.63) is 0 Å². The summed E-state index contributed by atoms with van der Waals surface area (Å²) in [5, 5.41) is 5.87. The molecule has 2 amide bonds. The van der Waals surface area contributed by atoms with E-state index in [0.29, 0.717) is 0 Å². The first-order valence-corrected chi connectivity index (χ1v) is 7.40. The molecular formula is C12H24N2OS. The van der Waals surface area contributed by atoms with Gasteiger partial charge in [-0.25, -0.2) is 4.79 Å². The molecule has 0 atom stereocenters. The Kier molecular flexibility index (Phi) is 5.46. The lowest BCUT2D eigenvalue weighted by Gasteiger charge is -2.35. The Morgan fingerprint density at radius 3 is 2.44 bits per heavy atom. The fraction of sp³-hybridized carbons (Fsp3) is 0.917. The normalized spacial score (nSPS) is 19.5. The molecule has 0 saturated heterocycles. The van der Waals surface area contributed by atoms with Crippen molar-refractivity contribution in [2.24, 2.45) is 0 Å². The third-order valence-corrected chi connectivity index (χ3v) is 4.61. The van der Waals surface area contributed by atoms with Crippen LogP contribution in [-0.2, 0) is 0 Å². The van der Waals surface area contributed by atoms with Gasteiger partial charge in [-0.15, -0.1) is 0 Å². The van der Waals surface area contributed by atoms with E-state index in [1.54, 1.807) is 0 Å². The summed E-state index contributed by atoms with van der Waals surface area (Å²) < 4.78 is 0.284. The van der Waals surface area contributed by atoms with E-state index in [2.05, 4.69) is 16.9 Å². The average Bonchev–Trinajstić information content (AvgIpc) is 2.27. The van der Waals surface area contributed by atoms with Gasteiger partial charge in [0.15, 0.2) is 0 Å². The zero-order valence-corrected chi connectivity index (χ0v) is 11.5. The van der Waals surface area contributed by atoms with Crippen LogP contribution in [0.25, 0.3) is 0 Å². The topological polar surface area (TPSA) is 41.1 Å². The number of carbonyl (C=O) groups is 1. The molecule has 0 aromatic rings. The highest BCUT2D eigenvalue weighted by Crippen LogP contribution is 2.37. The van der Waals surface area contributed by atoms with Crippen molar-refractivity contribution in [1.29, 1.82) is 0 Å². The second-order valence-electron chi connectivity index (χ2n) is 4.93. The Bertz CT molecular complexity index is 225. The molecule has 0 heterocycles. The van der Waals surface area contributed by atoms with Crippen molar-refractivity contribution in [2.45, 2.75) is 56.7 Å². The fourth-order valence-electron chi connectivity index (χ4n) is 2.20. The molecule has 0 bridgehead atoms. The van der Waals surface area contributed by atoms with Gasteiger partial charge in [-0.3, -0.25) is 0 Å². The number of carbonyl (C=O) groups excluding carboxylic acids is 1. The Morgan fingerprint density at radius 1 is 1.31 bits per heavy atom. The molecule has 1 aliphatic rings. The number of rotatable bonds is 4. The predicted octanol–water partition coefficient (Wildman–Crippen LogP) is 2.76. The lowest BCUT2D eigenvalue weighted by molar-refractivity contribution is 0.235. The van der Waals surface area contributed by atoms with Crippen LogP contribution in [0.1, 0.15) is 46.0 Å². The first kappa shape index (κ1) is 13.7. The first-order chi connectivity index (χ1) is 7.58. The lowest BCUT2D eigenvalue weighted by atomic mass is 9.88. The second kappa shape index (κ2) is 6.38. The Morgan fingerprint density at radius 2 is 1.94 bits per heavy atom. The van der Waals surface area contributed by atoms with E-state index in [0.717, 1.165) is 6.54 Å². The van der Waals surface area contributed by atoms with Gasteiger partial charge in [-0.2, -0.15) is 11.8 Å². The van der Waals surface area contributed by atoms with E-state index in [9.17, 15) is 4.79 Å². The zero-order chi connectivity index (χ0) is 12.0. The fourth-order valence-corrected chi connectivity index (χ4v) is 3.12. The summed E-state index contributed by atoms with van der Waals surface area (Å²) >= 11 is 1.91. The van der Waals surface area contributed by atoms with E-state index in [1.165, 1.54) is 32.1 Å². The van der Waals surface area contributed by atoms with Crippen LogP contribution >= 0.6 is 11.8 Å². The molecule has 2 N–H and O–H groups in total. The molecule has 0 aromatic carbocycles. The van der Waals surface area contributed by atoms with Crippen LogP contribution in [0, 0.1) is 0 Å². The van der Waals surface area contributed by atoms with Gasteiger partial charge in [0.2, 0.25) is 0 Å². The molecule has 1 fully saturated rings. The van der Waals surface area contributed by atoms with Crippen LogP contribution in [0.2, 0.25) is 0 Å². The third kappa shape index (κ3) is 4.24. The van der Waals surface area contributed by atoms with Crippen molar-refractivity contribution in [3.63, 3.8) is 0 Å².